The Morgan fingerprint density at radius 2 is 1.93 bits per heavy atom. The lowest BCUT2D eigenvalue weighted by Crippen LogP contribution is -2.33. The first-order chi connectivity index (χ1) is 14.2. The zero-order valence-electron chi connectivity index (χ0n) is 16.7. The van der Waals surface area contributed by atoms with Crippen LogP contribution in [0.3, 0.4) is 0 Å². The number of likely N-dealkylation sites (tertiary alicyclic amines) is 1. The lowest BCUT2D eigenvalue weighted by Gasteiger charge is -2.27. The number of fused-ring (bicyclic) bond motifs is 1. The predicted molar refractivity (Wildman–Crippen MR) is 109 cm³/mol. The first kappa shape index (κ1) is 18.3. The quantitative estimate of drug-likeness (QED) is 0.716. The normalized spacial score (nSPS) is 19.2. The van der Waals surface area contributed by atoms with Crippen LogP contribution in [-0.4, -0.2) is 50.3 Å². The first-order valence-electron chi connectivity index (χ1n) is 10.5. The van der Waals surface area contributed by atoms with Crippen molar-refractivity contribution in [2.24, 2.45) is 0 Å². The number of hydrogen-bond donors (Lipinski definition) is 1. The zero-order valence-corrected chi connectivity index (χ0v) is 16.7. The van der Waals surface area contributed by atoms with Gasteiger partial charge in [0.15, 0.2) is 5.82 Å². The van der Waals surface area contributed by atoms with Gasteiger partial charge in [0.1, 0.15) is 11.8 Å². The van der Waals surface area contributed by atoms with Gasteiger partial charge in [-0.15, -0.1) is 5.10 Å². The number of methoxy groups -OCH3 is 1. The molecule has 1 N–H and O–H groups in total. The van der Waals surface area contributed by atoms with Crippen molar-refractivity contribution in [2.45, 2.75) is 50.6 Å². The van der Waals surface area contributed by atoms with E-state index in [1.54, 1.807) is 7.11 Å². The molecule has 8 nitrogen and oxygen atoms in total. The molecule has 29 heavy (non-hydrogen) atoms. The van der Waals surface area contributed by atoms with E-state index in [1.165, 1.54) is 12.8 Å². The number of aromatic amines is 1. The average Bonchev–Trinajstić information content (AvgIpc) is 3.50. The van der Waals surface area contributed by atoms with Crippen molar-refractivity contribution in [1.82, 2.24) is 30.1 Å². The van der Waals surface area contributed by atoms with Crippen LogP contribution in [0.1, 0.15) is 62.0 Å². The molecule has 1 aliphatic heterocycles. The zero-order chi connectivity index (χ0) is 19.8. The van der Waals surface area contributed by atoms with Crippen molar-refractivity contribution in [3.8, 4) is 5.75 Å². The molecule has 1 saturated carbocycles. The summed E-state index contributed by atoms with van der Waals surface area (Å²) in [6, 6.07) is 7.75. The van der Waals surface area contributed by atoms with Gasteiger partial charge in [-0.3, -0.25) is 9.69 Å². The number of H-pyrrole nitrogens is 1. The maximum atomic E-state index is 13.1. The van der Waals surface area contributed by atoms with Gasteiger partial charge in [-0.25, -0.2) is 4.68 Å². The van der Waals surface area contributed by atoms with E-state index in [4.69, 9.17) is 4.74 Å². The van der Waals surface area contributed by atoms with Gasteiger partial charge in [-0.05, 0) is 73.5 Å². The Balaban J connectivity index is 1.65. The van der Waals surface area contributed by atoms with Crippen LogP contribution in [0.15, 0.2) is 29.1 Å². The summed E-state index contributed by atoms with van der Waals surface area (Å²) in [6.45, 7) is 1.88. The number of nitrogens with one attached hydrogen (secondary N) is 1. The fourth-order valence-electron chi connectivity index (χ4n) is 4.82. The molecular formula is C21H26N6O2. The molecule has 5 rings (SSSR count). The number of ether oxygens (including phenoxy) is 1. The highest BCUT2D eigenvalue weighted by Gasteiger charge is 2.34. The van der Waals surface area contributed by atoms with Crippen LogP contribution in [0.25, 0.3) is 10.9 Å². The first-order valence-corrected chi connectivity index (χ1v) is 10.5. The average molecular weight is 394 g/mol. The van der Waals surface area contributed by atoms with E-state index in [1.807, 2.05) is 28.9 Å². The monoisotopic (exact) mass is 394 g/mol. The van der Waals surface area contributed by atoms with E-state index >= 15 is 0 Å². The summed E-state index contributed by atoms with van der Waals surface area (Å²) >= 11 is 0. The highest BCUT2D eigenvalue weighted by Crippen LogP contribution is 2.35. The molecule has 3 heterocycles. The molecule has 1 atom stereocenters. The molecule has 8 heteroatoms. The van der Waals surface area contributed by atoms with Gasteiger partial charge in [0.2, 0.25) is 0 Å². The van der Waals surface area contributed by atoms with Gasteiger partial charge < -0.3 is 9.72 Å². The summed E-state index contributed by atoms with van der Waals surface area (Å²) in [5, 5.41) is 13.7. The Morgan fingerprint density at radius 1 is 1.14 bits per heavy atom. The van der Waals surface area contributed by atoms with Gasteiger partial charge in [-0.2, -0.15) is 0 Å². The topological polar surface area (TPSA) is 88.9 Å². The van der Waals surface area contributed by atoms with E-state index in [0.29, 0.717) is 11.6 Å². The molecule has 152 valence electrons. The van der Waals surface area contributed by atoms with Crippen LogP contribution >= 0.6 is 0 Å². The molecular weight excluding hydrogens is 368 g/mol. The summed E-state index contributed by atoms with van der Waals surface area (Å²) in [4.78, 5) is 18.5. The highest BCUT2D eigenvalue weighted by atomic mass is 16.5. The number of tetrazole rings is 1. The predicted octanol–water partition coefficient (Wildman–Crippen LogP) is 2.82. The molecule has 0 amide bonds. The second-order valence-corrected chi connectivity index (χ2v) is 8.07. The molecule has 1 aliphatic carbocycles. The van der Waals surface area contributed by atoms with Crippen molar-refractivity contribution in [3.63, 3.8) is 0 Å². The lowest BCUT2D eigenvalue weighted by atomic mass is 10.0. The summed E-state index contributed by atoms with van der Waals surface area (Å²) < 4.78 is 7.35. The lowest BCUT2D eigenvalue weighted by molar-refractivity contribution is 0.256. The third-order valence-corrected chi connectivity index (χ3v) is 6.31. The third-order valence-electron chi connectivity index (χ3n) is 6.31. The molecule has 1 saturated heterocycles. The number of rotatable bonds is 5. The van der Waals surface area contributed by atoms with E-state index in [0.717, 1.165) is 61.2 Å². The summed E-state index contributed by atoms with van der Waals surface area (Å²) in [5.74, 6) is 1.55. The van der Waals surface area contributed by atoms with Crippen molar-refractivity contribution in [2.75, 3.05) is 20.2 Å². The Kier molecular flexibility index (Phi) is 4.79. The minimum absolute atomic E-state index is 0.0828. The van der Waals surface area contributed by atoms with Gasteiger partial charge in [0.25, 0.3) is 5.56 Å². The molecule has 0 unspecified atom stereocenters. The fourth-order valence-corrected chi connectivity index (χ4v) is 4.82. The minimum atomic E-state index is -0.243. The Hall–Kier alpha value is -2.74. The Labute approximate surface area is 168 Å². The van der Waals surface area contributed by atoms with E-state index in [2.05, 4.69) is 25.4 Å². The van der Waals surface area contributed by atoms with Gasteiger partial charge >= 0.3 is 0 Å². The third kappa shape index (κ3) is 3.31. The number of pyridine rings is 1. The number of hydrogen-bond acceptors (Lipinski definition) is 6. The molecule has 1 aromatic carbocycles. The van der Waals surface area contributed by atoms with E-state index in [9.17, 15) is 4.79 Å². The van der Waals surface area contributed by atoms with Crippen molar-refractivity contribution < 1.29 is 4.74 Å². The largest absolute Gasteiger partial charge is 0.497 e. The van der Waals surface area contributed by atoms with Crippen LogP contribution in [0.5, 0.6) is 5.75 Å². The Morgan fingerprint density at radius 3 is 2.69 bits per heavy atom. The van der Waals surface area contributed by atoms with Crippen LogP contribution in [0.2, 0.25) is 0 Å². The van der Waals surface area contributed by atoms with Crippen molar-refractivity contribution in [1.29, 1.82) is 0 Å². The summed E-state index contributed by atoms with van der Waals surface area (Å²) in [7, 11) is 1.65. The van der Waals surface area contributed by atoms with Crippen LogP contribution in [0, 0.1) is 0 Å². The van der Waals surface area contributed by atoms with Crippen LogP contribution in [0.4, 0.5) is 0 Å². The molecule has 2 aromatic heterocycles. The van der Waals surface area contributed by atoms with Crippen LogP contribution in [-0.2, 0) is 0 Å². The second kappa shape index (κ2) is 7.59. The maximum Gasteiger partial charge on any atom is 0.253 e. The molecule has 0 bridgehead atoms. The number of benzene rings is 1. The summed E-state index contributed by atoms with van der Waals surface area (Å²) in [5.41, 5.74) is 1.41. The molecule has 2 aliphatic rings. The fraction of sp³-hybridized carbons (Fsp3) is 0.524. The molecule has 2 fully saturated rings. The maximum absolute atomic E-state index is 13.1. The van der Waals surface area contributed by atoms with Gasteiger partial charge in [0.05, 0.1) is 13.2 Å². The van der Waals surface area contributed by atoms with E-state index in [-0.39, 0.29) is 11.6 Å². The minimum Gasteiger partial charge on any atom is -0.497 e. The SMILES string of the molecule is COc1ccc2[nH]c(=O)c([C@@H](c3nnnn3C3CCCC3)N3CCCC3)cc2c1. The number of nitrogens with zero attached hydrogens (tertiary/aromatic N) is 5. The molecule has 0 spiro atoms. The molecule has 0 radical (unpaired) electrons. The van der Waals surface area contributed by atoms with Gasteiger partial charge in [-0.1, -0.05) is 12.8 Å². The highest BCUT2D eigenvalue weighted by molar-refractivity contribution is 5.80. The standard InChI is InChI=1S/C21H26N6O2/c1-29-16-8-9-18-14(12-16)13-17(21(28)22-18)19(26-10-4-5-11-26)20-23-24-25-27(20)15-6-2-3-7-15/h8-9,12-13,15,19H,2-7,10-11H2,1H3,(H,22,28)/t19-/m0/s1. The van der Waals surface area contributed by atoms with E-state index < -0.39 is 0 Å². The van der Waals surface area contributed by atoms with Crippen LogP contribution < -0.4 is 10.3 Å². The van der Waals surface area contributed by atoms with Crippen molar-refractivity contribution >= 4 is 10.9 Å². The Bertz CT molecular complexity index is 1060. The second-order valence-electron chi connectivity index (χ2n) is 8.07. The summed E-state index contributed by atoms with van der Waals surface area (Å²) in [6.07, 6.45) is 6.84. The molecule has 3 aromatic rings. The smallest absolute Gasteiger partial charge is 0.253 e. The number of aromatic nitrogens is 5. The van der Waals surface area contributed by atoms with Crippen molar-refractivity contribution in [3.05, 3.63) is 46.0 Å². The van der Waals surface area contributed by atoms with Gasteiger partial charge in [0, 0.05) is 16.5 Å².